The minimum absolute atomic E-state index is 0.115. The van der Waals surface area contributed by atoms with Crippen LogP contribution in [0.1, 0.15) is 23.7 Å². The number of Topliss-reactive ketones (excluding diaryl/α,β-unsaturated/α-hetero) is 1. The molecule has 1 aliphatic heterocycles. The highest BCUT2D eigenvalue weighted by molar-refractivity contribution is 5.94. The van der Waals surface area contributed by atoms with Gasteiger partial charge in [0.05, 0.1) is 0 Å². The maximum absolute atomic E-state index is 11.3. The molecule has 2 N–H and O–H groups in total. The maximum Gasteiger partial charge on any atom is 0.159 e. The molecule has 1 fully saturated rings. The number of hydrogen-bond acceptors (Lipinski definition) is 4. The van der Waals surface area contributed by atoms with E-state index in [1.165, 1.54) is 0 Å². The molecule has 4 nitrogen and oxygen atoms in total. The molecule has 0 atom stereocenters. The van der Waals surface area contributed by atoms with Gasteiger partial charge in [0.2, 0.25) is 0 Å². The lowest BCUT2D eigenvalue weighted by molar-refractivity contribution is 0.101. The van der Waals surface area contributed by atoms with Crippen molar-refractivity contribution < 1.29 is 4.79 Å². The standard InChI is InChI=1S/C15H23N3O/c1-13(19)14-4-2-5-15(12-14)17-6-3-9-18-10-7-16-8-11-18/h2,4-5,12,16-17H,3,6-11H2,1H3. The first kappa shape index (κ1) is 14.0. The van der Waals surface area contributed by atoms with E-state index in [2.05, 4.69) is 15.5 Å². The van der Waals surface area contributed by atoms with Crippen molar-refractivity contribution in [1.29, 1.82) is 0 Å². The van der Waals surface area contributed by atoms with Gasteiger partial charge in [-0.3, -0.25) is 4.79 Å². The van der Waals surface area contributed by atoms with Gasteiger partial charge in [-0.25, -0.2) is 0 Å². The first-order valence-corrected chi connectivity index (χ1v) is 7.03. The van der Waals surface area contributed by atoms with Gasteiger partial charge in [-0.05, 0) is 32.0 Å². The van der Waals surface area contributed by atoms with Crippen molar-refractivity contribution in [1.82, 2.24) is 10.2 Å². The fourth-order valence-electron chi connectivity index (χ4n) is 2.32. The van der Waals surface area contributed by atoms with Crippen LogP contribution in [0.2, 0.25) is 0 Å². The second-order valence-corrected chi connectivity index (χ2v) is 5.01. The quantitative estimate of drug-likeness (QED) is 0.603. The molecule has 19 heavy (non-hydrogen) atoms. The minimum Gasteiger partial charge on any atom is -0.385 e. The zero-order valence-electron chi connectivity index (χ0n) is 11.6. The van der Waals surface area contributed by atoms with Gasteiger partial charge in [-0.2, -0.15) is 0 Å². The van der Waals surface area contributed by atoms with E-state index in [0.717, 1.165) is 56.9 Å². The summed E-state index contributed by atoms with van der Waals surface area (Å²) in [7, 11) is 0. The summed E-state index contributed by atoms with van der Waals surface area (Å²) in [6.07, 6.45) is 1.13. The molecule has 0 aromatic heterocycles. The summed E-state index contributed by atoms with van der Waals surface area (Å²) in [6.45, 7) is 8.21. The normalized spacial score (nSPS) is 16.3. The van der Waals surface area contributed by atoms with Crippen LogP contribution < -0.4 is 10.6 Å². The molecule has 0 radical (unpaired) electrons. The monoisotopic (exact) mass is 261 g/mol. The highest BCUT2D eigenvalue weighted by Crippen LogP contribution is 2.11. The Balaban J connectivity index is 1.70. The van der Waals surface area contributed by atoms with E-state index in [4.69, 9.17) is 0 Å². The Hall–Kier alpha value is -1.39. The van der Waals surface area contributed by atoms with Crippen molar-refractivity contribution >= 4 is 11.5 Å². The van der Waals surface area contributed by atoms with Crippen molar-refractivity contribution in [2.75, 3.05) is 44.6 Å². The highest BCUT2D eigenvalue weighted by Gasteiger charge is 2.08. The van der Waals surface area contributed by atoms with E-state index in [9.17, 15) is 4.79 Å². The predicted octanol–water partition coefficient (Wildman–Crippen LogP) is 1.60. The Bertz CT molecular complexity index is 414. The van der Waals surface area contributed by atoms with Crippen LogP contribution in [-0.4, -0.2) is 50.0 Å². The number of carbonyl (C=O) groups is 1. The van der Waals surface area contributed by atoms with E-state index in [0.29, 0.717) is 0 Å². The number of hydrogen-bond donors (Lipinski definition) is 2. The summed E-state index contributed by atoms with van der Waals surface area (Å²) in [5.41, 5.74) is 1.81. The van der Waals surface area contributed by atoms with Crippen molar-refractivity contribution in [3.8, 4) is 0 Å². The molecule has 0 bridgehead atoms. The maximum atomic E-state index is 11.3. The van der Waals surface area contributed by atoms with E-state index >= 15 is 0 Å². The van der Waals surface area contributed by atoms with Gasteiger partial charge in [0.25, 0.3) is 0 Å². The molecule has 2 rings (SSSR count). The Morgan fingerprint density at radius 1 is 1.37 bits per heavy atom. The third-order valence-corrected chi connectivity index (χ3v) is 3.46. The van der Waals surface area contributed by atoms with Gasteiger partial charge in [-0.15, -0.1) is 0 Å². The summed E-state index contributed by atoms with van der Waals surface area (Å²) in [6, 6.07) is 7.72. The van der Waals surface area contributed by atoms with Crippen LogP contribution >= 0.6 is 0 Å². The lowest BCUT2D eigenvalue weighted by Crippen LogP contribution is -2.44. The van der Waals surface area contributed by atoms with Gasteiger partial charge >= 0.3 is 0 Å². The molecular weight excluding hydrogens is 238 g/mol. The zero-order valence-corrected chi connectivity index (χ0v) is 11.6. The summed E-state index contributed by atoms with van der Waals surface area (Å²) < 4.78 is 0. The van der Waals surface area contributed by atoms with E-state index in [1.54, 1.807) is 6.92 Å². The summed E-state index contributed by atoms with van der Waals surface area (Å²) in [5.74, 6) is 0.115. The average molecular weight is 261 g/mol. The Kier molecular flexibility index (Phi) is 5.36. The smallest absolute Gasteiger partial charge is 0.159 e. The van der Waals surface area contributed by atoms with Gasteiger partial charge in [0, 0.05) is 44.0 Å². The predicted molar refractivity (Wildman–Crippen MR) is 78.9 cm³/mol. The first-order valence-electron chi connectivity index (χ1n) is 7.03. The number of anilines is 1. The summed E-state index contributed by atoms with van der Waals surface area (Å²) >= 11 is 0. The molecule has 4 heteroatoms. The molecule has 1 aromatic rings. The minimum atomic E-state index is 0.115. The largest absolute Gasteiger partial charge is 0.385 e. The number of benzene rings is 1. The van der Waals surface area contributed by atoms with Crippen LogP contribution in [0.5, 0.6) is 0 Å². The van der Waals surface area contributed by atoms with Crippen LogP contribution in [0.4, 0.5) is 5.69 Å². The number of nitrogens with zero attached hydrogens (tertiary/aromatic N) is 1. The first-order chi connectivity index (χ1) is 9.25. The van der Waals surface area contributed by atoms with Gasteiger partial charge < -0.3 is 15.5 Å². The van der Waals surface area contributed by atoms with Crippen LogP contribution in [0.25, 0.3) is 0 Å². The molecule has 0 aliphatic carbocycles. The average Bonchev–Trinajstić information content (AvgIpc) is 2.45. The Morgan fingerprint density at radius 2 is 2.16 bits per heavy atom. The van der Waals surface area contributed by atoms with Gasteiger partial charge in [-0.1, -0.05) is 12.1 Å². The number of carbonyl (C=O) groups excluding carboxylic acids is 1. The molecule has 104 valence electrons. The van der Waals surface area contributed by atoms with Gasteiger partial charge in [0.1, 0.15) is 0 Å². The fourth-order valence-corrected chi connectivity index (χ4v) is 2.32. The van der Waals surface area contributed by atoms with Crippen LogP contribution in [0.3, 0.4) is 0 Å². The molecule has 1 saturated heterocycles. The number of nitrogens with one attached hydrogen (secondary N) is 2. The van der Waals surface area contributed by atoms with Crippen LogP contribution in [-0.2, 0) is 0 Å². The molecule has 1 aromatic carbocycles. The molecule has 0 spiro atoms. The fraction of sp³-hybridized carbons (Fsp3) is 0.533. The van der Waals surface area contributed by atoms with Crippen molar-refractivity contribution in [2.45, 2.75) is 13.3 Å². The number of rotatable bonds is 6. The number of ketones is 1. The highest BCUT2D eigenvalue weighted by atomic mass is 16.1. The third kappa shape index (κ3) is 4.65. The van der Waals surface area contributed by atoms with E-state index in [-0.39, 0.29) is 5.78 Å². The van der Waals surface area contributed by atoms with E-state index < -0.39 is 0 Å². The second kappa shape index (κ2) is 7.26. The molecule has 0 saturated carbocycles. The zero-order chi connectivity index (χ0) is 13.5. The SMILES string of the molecule is CC(=O)c1cccc(NCCCN2CCNCC2)c1. The van der Waals surface area contributed by atoms with Crippen molar-refractivity contribution in [3.05, 3.63) is 29.8 Å². The topological polar surface area (TPSA) is 44.4 Å². The second-order valence-electron chi connectivity index (χ2n) is 5.01. The molecule has 0 amide bonds. The molecule has 1 heterocycles. The van der Waals surface area contributed by atoms with Gasteiger partial charge in [0.15, 0.2) is 5.78 Å². The number of piperazine rings is 1. The Labute approximate surface area is 115 Å². The molecule has 1 aliphatic rings. The lowest BCUT2D eigenvalue weighted by Gasteiger charge is -2.27. The molecule has 0 unspecified atom stereocenters. The van der Waals surface area contributed by atoms with Crippen LogP contribution in [0, 0.1) is 0 Å². The Morgan fingerprint density at radius 3 is 2.89 bits per heavy atom. The van der Waals surface area contributed by atoms with Crippen molar-refractivity contribution in [3.63, 3.8) is 0 Å². The summed E-state index contributed by atoms with van der Waals surface area (Å²) in [4.78, 5) is 13.8. The molecular formula is C15H23N3O. The summed E-state index contributed by atoms with van der Waals surface area (Å²) in [5, 5.41) is 6.74. The van der Waals surface area contributed by atoms with Crippen molar-refractivity contribution in [2.24, 2.45) is 0 Å². The van der Waals surface area contributed by atoms with E-state index in [1.807, 2.05) is 24.3 Å². The lowest BCUT2D eigenvalue weighted by atomic mass is 10.1. The third-order valence-electron chi connectivity index (χ3n) is 3.46. The van der Waals surface area contributed by atoms with Crippen LogP contribution in [0.15, 0.2) is 24.3 Å².